The lowest BCUT2D eigenvalue weighted by molar-refractivity contribution is 0.0762. The van der Waals surface area contributed by atoms with E-state index in [9.17, 15) is 13.2 Å². The number of hydrogen-bond donors (Lipinski definition) is 1. The smallest absolute Gasteiger partial charge is 0.261 e. The van der Waals surface area contributed by atoms with Gasteiger partial charge in [-0.15, -0.1) is 0 Å². The lowest BCUT2D eigenvalue weighted by Crippen LogP contribution is -2.32. The van der Waals surface area contributed by atoms with Crippen molar-refractivity contribution in [2.75, 3.05) is 17.8 Å². The number of anilines is 1. The highest BCUT2D eigenvalue weighted by atomic mass is 79.9. The molecule has 1 amide bonds. The van der Waals surface area contributed by atoms with E-state index in [4.69, 9.17) is 10.5 Å². The van der Waals surface area contributed by atoms with Crippen LogP contribution in [0, 0.1) is 22.7 Å². The highest BCUT2D eigenvalue weighted by Crippen LogP contribution is 2.19. The van der Waals surface area contributed by atoms with Gasteiger partial charge in [0.25, 0.3) is 15.9 Å². The Kier molecular flexibility index (Phi) is 7.56. The summed E-state index contributed by atoms with van der Waals surface area (Å²) in [6.45, 7) is 0.462. The summed E-state index contributed by atoms with van der Waals surface area (Å²) in [4.78, 5) is 14.1. The van der Waals surface area contributed by atoms with Crippen molar-refractivity contribution in [2.45, 2.75) is 17.7 Å². The average molecular weight is 461 g/mol. The van der Waals surface area contributed by atoms with Crippen LogP contribution in [0.1, 0.15) is 23.2 Å². The minimum Gasteiger partial charge on any atom is -0.337 e. The van der Waals surface area contributed by atoms with E-state index in [2.05, 4.69) is 20.7 Å². The van der Waals surface area contributed by atoms with Crippen molar-refractivity contribution in [1.29, 1.82) is 10.5 Å². The van der Waals surface area contributed by atoms with E-state index in [1.165, 1.54) is 41.3 Å². The zero-order chi connectivity index (χ0) is 20.6. The van der Waals surface area contributed by atoms with Crippen molar-refractivity contribution in [2.24, 2.45) is 0 Å². The molecule has 7 nitrogen and oxygen atoms in total. The second-order valence-electron chi connectivity index (χ2n) is 5.75. The highest BCUT2D eigenvalue weighted by molar-refractivity contribution is 9.10. The number of hydrogen-bond acceptors (Lipinski definition) is 5. The number of nitrogens with one attached hydrogen (secondary N) is 1. The molecule has 0 aliphatic rings. The number of amides is 1. The first-order valence-corrected chi connectivity index (χ1v) is 10.6. The molecule has 0 saturated carbocycles. The standard InChI is InChI=1S/C19H17BrN4O3S/c20-16-5-9-18(10-6-16)28(26,27)23-17-7-3-15(4-8-17)19(25)24(13-1-11-21)14-2-12-22/h3-10,23H,1-2,13-14H2. The molecule has 28 heavy (non-hydrogen) atoms. The van der Waals surface area contributed by atoms with E-state index < -0.39 is 10.0 Å². The van der Waals surface area contributed by atoms with Crippen LogP contribution in [0.5, 0.6) is 0 Å². The molecule has 0 aliphatic carbocycles. The third-order valence-electron chi connectivity index (χ3n) is 3.78. The van der Waals surface area contributed by atoms with Crippen molar-refractivity contribution >= 4 is 37.5 Å². The van der Waals surface area contributed by atoms with Crippen LogP contribution in [0.4, 0.5) is 5.69 Å². The number of nitrogens with zero attached hydrogens (tertiary/aromatic N) is 3. The first-order chi connectivity index (χ1) is 13.4. The predicted octanol–water partition coefficient (Wildman–Crippen LogP) is 3.52. The Hall–Kier alpha value is -2.88. The van der Waals surface area contributed by atoms with E-state index in [1.54, 1.807) is 12.1 Å². The van der Waals surface area contributed by atoms with Gasteiger partial charge in [-0.2, -0.15) is 10.5 Å². The molecule has 9 heteroatoms. The molecular formula is C19H17BrN4O3S. The van der Waals surface area contributed by atoms with Crippen molar-refractivity contribution in [3.63, 3.8) is 0 Å². The Labute approximate surface area is 172 Å². The third kappa shape index (κ3) is 5.81. The van der Waals surface area contributed by atoms with Gasteiger partial charge in [-0.3, -0.25) is 9.52 Å². The average Bonchev–Trinajstić information content (AvgIpc) is 2.68. The van der Waals surface area contributed by atoms with E-state index in [0.29, 0.717) is 11.3 Å². The van der Waals surface area contributed by atoms with Crippen LogP contribution in [0.25, 0.3) is 0 Å². The number of nitriles is 2. The molecule has 0 heterocycles. The molecule has 2 aromatic carbocycles. The summed E-state index contributed by atoms with van der Waals surface area (Å²) in [5, 5.41) is 17.5. The normalized spacial score (nSPS) is 10.5. The molecule has 0 spiro atoms. The van der Waals surface area contributed by atoms with Crippen LogP contribution in [0.3, 0.4) is 0 Å². The Morgan fingerprint density at radius 2 is 1.50 bits per heavy atom. The van der Waals surface area contributed by atoms with Crippen LogP contribution < -0.4 is 4.72 Å². The van der Waals surface area contributed by atoms with Crippen LogP contribution in [0.15, 0.2) is 57.9 Å². The number of carbonyl (C=O) groups excluding carboxylic acids is 1. The van der Waals surface area contributed by atoms with Crippen LogP contribution in [0.2, 0.25) is 0 Å². The fourth-order valence-corrected chi connectivity index (χ4v) is 3.70. The van der Waals surface area contributed by atoms with E-state index in [0.717, 1.165) is 4.47 Å². The molecule has 0 atom stereocenters. The summed E-state index contributed by atoms with van der Waals surface area (Å²) in [6.07, 6.45) is 0.338. The molecule has 144 valence electrons. The minimum atomic E-state index is -3.74. The van der Waals surface area contributed by atoms with Crippen LogP contribution in [-0.2, 0) is 10.0 Å². The van der Waals surface area contributed by atoms with Gasteiger partial charge in [-0.05, 0) is 48.5 Å². The Bertz CT molecular complexity index is 989. The fraction of sp³-hybridized carbons (Fsp3) is 0.211. The maximum Gasteiger partial charge on any atom is 0.261 e. The zero-order valence-electron chi connectivity index (χ0n) is 14.8. The molecule has 0 aliphatic heterocycles. The summed E-state index contributed by atoms with van der Waals surface area (Å²) in [5.74, 6) is -0.312. The molecule has 0 unspecified atom stereocenters. The quantitative estimate of drug-likeness (QED) is 0.646. The fourth-order valence-electron chi connectivity index (χ4n) is 2.38. The first-order valence-electron chi connectivity index (χ1n) is 8.29. The number of halogens is 1. The second-order valence-corrected chi connectivity index (χ2v) is 8.34. The van der Waals surface area contributed by atoms with Gasteiger partial charge in [0.2, 0.25) is 0 Å². The Morgan fingerprint density at radius 1 is 0.964 bits per heavy atom. The van der Waals surface area contributed by atoms with Gasteiger partial charge in [0.15, 0.2) is 0 Å². The number of rotatable bonds is 8. The number of carbonyl (C=O) groups is 1. The van der Waals surface area contributed by atoms with E-state index in [-0.39, 0.29) is 36.7 Å². The first kappa shape index (κ1) is 21.4. The number of benzene rings is 2. The molecule has 2 aromatic rings. The molecule has 0 radical (unpaired) electrons. The van der Waals surface area contributed by atoms with Gasteiger partial charge < -0.3 is 4.90 Å². The highest BCUT2D eigenvalue weighted by Gasteiger charge is 2.17. The summed E-state index contributed by atoms with van der Waals surface area (Å²) >= 11 is 3.26. The SMILES string of the molecule is N#CCCN(CCC#N)C(=O)c1ccc(NS(=O)(=O)c2ccc(Br)cc2)cc1. The largest absolute Gasteiger partial charge is 0.337 e. The van der Waals surface area contributed by atoms with Gasteiger partial charge in [-0.1, -0.05) is 15.9 Å². The van der Waals surface area contributed by atoms with Gasteiger partial charge in [0.1, 0.15) is 0 Å². The van der Waals surface area contributed by atoms with Crippen LogP contribution >= 0.6 is 15.9 Å². The summed E-state index contributed by atoms with van der Waals surface area (Å²) in [7, 11) is -3.74. The Morgan fingerprint density at radius 3 is 2.00 bits per heavy atom. The van der Waals surface area contributed by atoms with Crippen molar-refractivity contribution in [3.05, 3.63) is 58.6 Å². The molecule has 0 fully saturated rings. The third-order valence-corrected chi connectivity index (χ3v) is 5.71. The van der Waals surface area contributed by atoms with Gasteiger partial charge in [-0.25, -0.2) is 8.42 Å². The maximum atomic E-state index is 12.6. The topological polar surface area (TPSA) is 114 Å². The molecule has 0 aromatic heterocycles. The van der Waals surface area contributed by atoms with Gasteiger partial charge in [0.05, 0.1) is 29.9 Å². The lowest BCUT2D eigenvalue weighted by Gasteiger charge is -2.20. The summed E-state index contributed by atoms with van der Waals surface area (Å²) in [6, 6.07) is 16.2. The van der Waals surface area contributed by atoms with E-state index >= 15 is 0 Å². The number of sulfonamides is 1. The van der Waals surface area contributed by atoms with Gasteiger partial charge in [0, 0.05) is 28.8 Å². The Balaban J connectivity index is 2.13. The molecule has 0 bridgehead atoms. The van der Waals surface area contributed by atoms with Crippen molar-refractivity contribution in [1.82, 2.24) is 4.90 Å². The minimum absolute atomic E-state index is 0.120. The monoisotopic (exact) mass is 460 g/mol. The van der Waals surface area contributed by atoms with Crippen LogP contribution in [-0.4, -0.2) is 32.3 Å². The lowest BCUT2D eigenvalue weighted by atomic mass is 10.1. The maximum absolute atomic E-state index is 12.6. The van der Waals surface area contributed by atoms with Crippen molar-refractivity contribution < 1.29 is 13.2 Å². The summed E-state index contributed by atoms with van der Waals surface area (Å²) in [5.41, 5.74) is 0.669. The molecule has 2 rings (SSSR count). The van der Waals surface area contributed by atoms with Crippen molar-refractivity contribution in [3.8, 4) is 12.1 Å². The summed E-state index contributed by atoms with van der Waals surface area (Å²) < 4.78 is 28.1. The predicted molar refractivity (Wildman–Crippen MR) is 108 cm³/mol. The van der Waals surface area contributed by atoms with Gasteiger partial charge >= 0.3 is 0 Å². The molecular weight excluding hydrogens is 444 g/mol. The zero-order valence-corrected chi connectivity index (χ0v) is 17.2. The van der Waals surface area contributed by atoms with E-state index in [1.807, 2.05) is 12.1 Å². The molecule has 0 saturated heterocycles. The molecule has 1 N–H and O–H groups in total. The second kappa shape index (κ2) is 9.88.